The predicted molar refractivity (Wildman–Crippen MR) is 116 cm³/mol. The van der Waals surface area contributed by atoms with E-state index in [2.05, 4.69) is 34.4 Å². The first-order chi connectivity index (χ1) is 12.1. The summed E-state index contributed by atoms with van der Waals surface area (Å²) in [5, 5.41) is 6.73. The SMILES string of the molecule is CN=C(NCc1ccc(F)cc1)NCC(CC(C)C)N1CCOCC1.I. The molecule has 7 heteroatoms. The van der Waals surface area contributed by atoms with Crippen molar-refractivity contribution in [2.45, 2.75) is 32.9 Å². The van der Waals surface area contributed by atoms with Crippen molar-refractivity contribution in [2.24, 2.45) is 10.9 Å². The number of benzene rings is 1. The van der Waals surface area contributed by atoms with Crippen molar-refractivity contribution in [3.63, 3.8) is 0 Å². The van der Waals surface area contributed by atoms with Crippen LogP contribution >= 0.6 is 24.0 Å². The summed E-state index contributed by atoms with van der Waals surface area (Å²) in [5.41, 5.74) is 1.02. The van der Waals surface area contributed by atoms with Crippen LogP contribution in [0.15, 0.2) is 29.3 Å². The van der Waals surface area contributed by atoms with Gasteiger partial charge in [-0.1, -0.05) is 26.0 Å². The molecule has 2 N–H and O–H groups in total. The number of hydrogen-bond acceptors (Lipinski definition) is 3. The van der Waals surface area contributed by atoms with Gasteiger partial charge in [-0.3, -0.25) is 9.89 Å². The molecule has 5 nitrogen and oxygen atoms in total. The molecule has 1 aromatic rings. The van der Waals surface area contributed by atoms with Gasteiger partial charge >= 0.3 is 0 Å². The van der Waals surface area contributed by atoms with Gasteiger partial charge in [0.25, 0.3) is 0 Å². The molecule has 0 saturated carbocycles. The van der Waals surface area contributed by atoms with Crippen molar-refractivity contribution < 1.29 is 9.13 Å². The van der Waals surface area contributed by atoms with Crippen LogP contribution in [0.25, 0.3) is 0 Å². The Hall–Kier alpha value is -0.930. The van der Waals surface area contributed by atoms with Crippen LogP contribution in [0.2, 0.25) is 0 Å². The van der Waals surface area contributed by atoms with Gasteiger partial charge in [-0.25, -0.2) is 4.39 Å². The van der Waals surface area contributed by atoms with E-state index in [1.54, 1.807) is 19.2 Å². The van der Waals surface area contributed by atoms with Crippen molar-refractivity contribution in [3.8, 4) is 0 Å². The van der Waals surface area contributed by atoms with E-state index in [0.29, 0.717) is 18.5 Å². The summed E-state index contributed by atoms with van der Waals surface area (Å²) in [6.07, 6.45) is 1.14. The zero-order valence-electron chi connectivity index (χ0n) is 16.0. The van der Waals surface area contributed by atoms with Crippen LogP contribution in [0.1, 0.15) is 25.8 Å². The number of aliphatic imine (C=N–C) groups is 1. The summed E-state index contributed by atoms with van der Waals surface area (Å²) in [6, 6.07) is 6.98. The number of halogens is 2. The lowest BCUT2D eigenvalue weighted by atomic mass is 10.0. The zero-order valence-corrected chi connectivity index (χ0v) is 18.3. The van der Waals surface area contributed by atoms with Crippen LogP contribution in [-0.2, 0) is 11.3 Å². The first-order valence-electron chi connectivity index (χ1n) is 9.09. The molecule has 0 bridgehead atoms. The lowest BCUT2D eigenvalue weighted by Crippen LogP contribution is -2.50. The molecule has 2 rings (SSSR count). The molecule has 1 heterocycles. The maximum atomic E-state index is 13.0. The fraction of sp³-hybridized carbons (Fsp3) is 0.632. The summed E-state index contributed by atoms with van der Waals surface area (Å²) in [7, 11) is 1.77. The molecular formula is C19H32FIN4O. The number of hydrogen-bond donors (Lipinski definition) is 2. The number of nitrogens with one attached hydrogen (secondary N) is 2. The van der Waals surface area contributed by atoms with Gasteiger partial charge in [-0.15, -0.1) is 24.0 Å². The summed E-state index contributed by atoms with van der Waals surface area (Å²) < 4.78 is 18.4. The van der Waals surface area contributed by atoms with Crippen LogP contribution in [-0.4, -0.2) is 56.8 Å². The van der Waals surface area contributed by atoms with Crippen LogP contribution in [0.3, 0.4) is 0 Å². The molecule has 1 saturated heterocycles. The highest BCUT2D eigenvalue weighted by Gasteiger charge is 2.22. The second kappa shape index (κ2) is 12.5. The van der Waals surface area contributed by atoms with Gasteiger partial charge in [-0.05, 0) is 30.0 Å². The minimum absolute atomic E-state index is 0. The second-order valence-electron chi connectivity index (χ2n) is 6.86. The second-order valence-corrected chi connectivity index (χ2v) is 6.86. The molecule has 0 amide bonds. The zero-order chi connectivity index (χ0) is 18.1. The van der Waals surface area contributed by atoms with E-state index in [1.807, 2.05) is 0 Å². The smallest absolute Gasteiger partial charge is 0.191 e. The molecule has 1 aromatic carbocycles. The number of rotatable bonds is 7. The van der Waals surface area contributed by atoms with Crippen LogP contribution in [0.5, 0.6) is 0 Å². The maximum absolute atomic E-state index is 13.0. The largest absolute Gasteiger partial charge is 0.379 e. The van der Waals surface area contributed by atoms with Crippen LogP contribution in [0, 0.1) is 11.7 Å². The Morgan fingerprint density at radius 1 is 1.19 bits per heavy atom. The van der Waals surface area contributed by atoms with Gasteiger partial charge in [0.1, 0.15) is 5.82 Å². The third-order valence-corrected chi connectivity index (χ3v) is 4.41. The van der Waals surface area contributed by atoms with Crippen molar-refractivity contribution in [1.29, 1.82) is 0 Å². The highest BCUT2D eigenvalue weighted by atomic mass is 127. The molecule has 1 fully saturated rings. The first kappa shape index (κ1) is 23.1. The van der Waals surface area contributed by atoms with E-state index in [-0.39, 0.29) is 29.8 Å². The van der Waals surface area contributed by atoms with E-state index in [1.165, 1.54) is 12.1 Å². The third kappa shape index (κ3) is 8.18. The molecular weight excluding hydrogens is 446 g/mol. The molecule has 0 spiro atoms. The van der Waals surface area contributed by atoms with Gasteiger partial charge in [0.05, 0.1) is 13.2 Å². The molecule has 0 radical (unpaired) electrons. The Balaban J connectivity index is 0.00000338. The van der Waals surface area contributed by atoms with Gasteiger partial charge in [0.15, 0.2) is 5.96 Å². The lowest BCUT2D eigenvalue weighted by Gasteiger charge is -2.35. The van der Waals surface area contributed by atoms with Crippen molar-refractivity contribution in [1.82, 2.24) is 15.5 Å². The predicted octanol–water partition coefficient (Wildman–Crippen LogP) is 2.86. The lowest BCUT2D eigenvalue weighted by molar-refractivity contribution is 0.0132. The van der Waals surface area contributed by atoms with Gasteiger partial charge in [0, 0.05) is 39.3 Å². The fourth-order valence-electron chi connectivity index (χ4n) is 3.07. The minimum atomic E-state index is -0.215. The summed E-state index contributed by atoms with van der Waals surface area (Å²) in [6.45, 7) is 9.58. The van der Waals surface area contributed by atoms with Crippen molar-refractivity contribution >= 4 is 29.9 Å². The Labute approximate surface area is 173 Å². The number of nitrogens with zero attached hydrogens (tertiary/aromatic N) is 2. The quantitative estimate of drug-likeness (QED) is 0.360. The molecule has 26 heavy (non-hydrogen) atoms. The molecule has 148 valence electrons. The number of ether oxygens (including phenoxy) is 1. The van der Waals surface area contributed by atoms with E-state index in [0.717, 1.165) is 50.8 Å². The third-order valence-electron chi connectivity index (χ3n) is 4.41. The Kier molecular flexibility index (Phi) is 11.1. The van der Waals surface area contributed by atoms with Gasteiger partial charge in [-0.2, -0.15) is 0 Å². The normalized spacial score (nSPS) is 16.9. The highest BCUT2D eigenvalue weighted by molar-refractivity contribution is 14.0. The number of morpholine rings is 1. The minimum Gasteiger partial charge on any atom is -0.379 e. The first-order valence-corrected chi connectivity index (χ1v) is 9.09. The fourth-order valence-corrected chi connectivity index (χ4v) is 3.07. The average molecular weight is 478 g/mol. The topological polar surface area (TPSA) is 48.9 Å². The molecule has 1 atom stereocenters. The Bertz CT molecular complexity index is 533. The Morgan fingerprint density at radius 2 is 1.85 bits per heavy atom. The van der Waals surface area contributed by atoms with E-state index in [9.17, 15) is 4.39 Å². The average Bonchev–Trinajstić information content (AvgIpc) is 2.62. The maximum Gasteiger partial charge on any atom is 0.191 e. The molecule has 0 aliphatic carbocycles. The van der Waals surface area contributed by atoms with Crippen molar-refractivity contribution in [2.75, 3.05) is 39.9 Å². The summed E-state index contributed by atoms with van der Waals surface area (Å²) >= 11 is 0. The summed E-state index contributed by atoms with van der Waals surface area (Å²) in [5.74, 6) is 1.20. The van der Waals surface area contributed by atoms with Crippen molar-refractivity contribution in [3.05, 3.63) is 35.6 Å². The van der Waals surface area contributed by atoms with Crippen LogP contribution in [0.4, 0.5) is 4.39 Å². The standard InChI is InChI=1S/C19H31FN4O.HI/c1-15(2)12-18(24-8-10-25-11-9-24)14-23-19(21-3)22-13-16-4-6-17(20)7-5-16;/h4-7,15,18H,8-14H2,1-3H3,(H2,21,22,23);1H. The monoisotopic (exact) mass is 478 g/mol. The van der Waals surface area contributed by atoms with Crippen LogP contribution < -0.4 is 10.6 Å². The Morgan fingerprint density at radius 3 is 2.42 bits per heavy atom. The van der Waals surface area contributed by atoms with E-state index >= 15 is 0 Å². The van der Waals surface area contributed by atoms with Gasteiger partial charge < -0.3 is 15.4 Å². The van der Waals surface area contributed by atoms with E-state index in [4.69, 9.17) is 4.74 Å². The molecule has 1 unspecified atom stereocenters. The molecule has 1 aliphatic heterocycles. The molecule has 0 aromatic heterocycles. The highest BCUT2D eigenvalue weighted by Crippen LogP contribution is 2.13. The molecule has 1 aliphatic rings. The van der Waals surface area contributed by atoms with Gasteiger partial charge in [0.2, 0.25) is 0 Å². The number of guanidine groups is 1. The summed E-state index contributed by atoms with van der Waals surface area (Å²) in [4.78, 5) is 6.80. The van der Waals surface area contributed by atoms with E-state index < -0.39 is 0 Å².